The smallest absolute Gasteiger partial charge is 0.233 e. The van der Waals surface area contributed by atoms with E-state index < -0.39 is 0 Å². The number of pyridine rings is 1. The zero-order valence-corrected chi connectivity index (χ0v) is 13.2. The monoisotopic (exact) mass is 326 g/mol. The van der Waals surface area contributed by atoms with Crippen LogP contribution in [0.5, 0.6) is 0 Å². The summed E-state index contributed by atoms with van der Waals surface area (Å²) in [5.74, 6) is 0.799. The van der Waals surface area contributed by atoms with E-state index in [0.29, 0.717) is 18.4 Å². The molecule has 3 aromatic rings. The molecule has 0 aliphatic heterocycles. The minimum Gasteiger partial charge on any atom is -0.350 e. The first-order valence-corrected chi connectivity index (χ1v) is 7.45. The summed E-state index contributed by atoms with van der Waals surface area (Å²) in [6.45, 7) is 2.57. The van der Waals surface area contributed by atoms with Crippen molar-refractivity contribution in [1.29, 1.82) is 0 Å². The SMILES string of the molecule is Cc1cccc(Nc2nc(Cl)nc(NCc3cccnc3)n2)c1. The van der Waals surface area contributed by atoms with Gasteiger partial charge in [-0.3, -0.25) is 4.98 Å². The molecule has 23 heavy (non-hydrogen) atoms. The zero-order chi connectivity index (χ0) is 16.1. The molecular weight excluding hydrogens is 312 g/mol. The van der Waals surface area contributed by atoms with Gasteiger partial charge in [0, 0.05) is 24.6 Å². The van der Waals surface area contributed by atoms with Crippen molar-refractivity contribution in [2.75, 3.05) is 10.6 Å². The summed E-state index contributed by atoms with van der Waals surface area (Å²) in [5.41, 5.74) is 3.06. The highest BCUT2D eigenvalue weighted by Crippen LogP contribution is 2.17. The molecule has 6 nitrogen and oxygen atoms in total. The molecule has 0 saturated heterocycles. The maximum atomic E-state index is 5.97. The van der Waals surface area contributed by atoms with E-state index in [4.69, 9.17) is 11.6 Å². The van der Waals surface area contributed by atoms with Gasteiger partial charge in [-0.25, -0.2) is 0 Å². The highest BCUT2D eigenvalue weighted by atomic mass is 35.5. The molecule has 7 heteroatoms. The fourth-order valence-electron chi connectivity index (χ4n) is 2.02. The van der Waals surface area contributed by atoms with E-state index in [-0.39, 0.29) is 5.28 Å². The Bertz CT molecular complexity index is 794. The fourth-order valence-corrected chi connectivity index (χ4v) is 2.18. The van der Waals surface area contributed by atoms with E-state index >= 15 is 0 Å². The minimum atomic E-state index is 0.129. The quantitative estimate of drug-likeness (QED) is 0.746. The molecule has 2 aromatic heterocycles. The van der Waals surface area contributed by atoms with Gasteiger partial charge in [-0.2, -0.15) is 15.0 Å². The maximum Gasteiger partial charge on any atom is 0.233 e. The molecule has 0 amide bonds. The van der Waals surface area contributed by atoms with Crippen LogP contribution in [0.15, 0.2) is 48.8 Å². The predicted octanol–water partition coefficient (Wildman–Crippen LogP) is 3.58. The number of anilines is 3. The Morgan fingerprint density at radius 2 is 1.91 bits per heavy atom. The van der Waals surface area contributed by atoms with Crippen LogP contribution in [0.1, 0.15) is 11.1 Å². The molecule has 3 rings (SSSR count). The van der Waals surface area contributed by atoms with E-state index in [1.54, 1.807) is 12.4 Å². The second kappa shape index (κ2) is 7.02. The van der Waals surface area contributed by atoms with Gasteiger partial charge < -0.3 is 10.6 Å². The highest BCUT2D eigenvalue weighted by molar-refractivity contribution is 6.28. The Kier molecular flexibility index (Phi) is 4.63. The van der Waals surface area contributed by atoms with Crippen LogP contribution in [0, 0.1) is 6.92 Å². The summed E-state index contributed by atoms with van der Waals surface area (Å²) in [6, 6.07) is 11.8. The van der Waals surface area contributed by atoms with Crippen molar-refractivity contribution in [3.63, 3.8) is 0 Å². The third kappa shape index (κ3) is 4.37. The minimum absolute atomic E-state index is 0.129. The lowest BCUT2D eigenvalue weighted by Crippen LogP contribution is -2.07. The Hall–Kier alpha value is -2.73. The number of benzene rings is 1. The molecular formula is C16H15ClN6. The number of aryl methyl sites for hydroxylation is 1. The van der Waals surface area contributed by atoms with Gasteiger partial charge in [0.15, 0.2) is 0 Å². The molecule has 116 valence electrons. The lowest BCUT2D eigenvalue weighted by atomic mass is 10.2. The van der Waals surface area contributed by atoms with Crippen molar-refractivity contribution < 1.29 is 0 Å². The van der Waals surface area contributed by atoms with Crippen molar-refractivity contribution >= 4 is 29.2 Å². The lowest BCUT2D eigenvalue weighted by Gasteiger charge is -2.08. The van der Waals surface area contributed by atoms with Crippen molar-refractivity contribution in [2.45, 2.75) is 13.5 Å². The van der Waals surface area contributed by atoms with Gasteiger partial charge in [-0.1, -0.05) is 18.2 Å². The summed E-state index contributed by atoms with van der Waals surface area (Å²) in [6.07, 6.45) is 3.51. The molecule has 0 atom stereocenters. The number of hydrogen-bond acceptors (Lipinski definition) is 6. The number of hydrogen-bond donors (Lipinski definition) is 2. The molecule has 0 unspecified atom stereocenters. The van der Waals surface area contributed by atoms with Crippen molar-refractivity contribution in [1.82, 2.24) is 19.9 Å². The summed E-state index contributed by atoms with van der Waals surface area (Å²) in [7, 11) is 0. The van der Waals surface area contributed by atoms with Crippen LogP contribution >= 0.6 is 11.6 Å². The van der Waals surface area contributed by atoms with Gasteiger partial charge in [0.05, 0.1) is 0 Å². The Labute approximate surface area is 139 Å². The summed E-state index contributed by atoms with van der Waals surface area (Å²) >= 11 is 5.97. The molecule has 0 spiro atoms. The van der Waals surface area contributed by atoms with Crippen LogP contribution in [0.3, 0.4) is 0 Å². The lowest BCUT2D eigenvalue weighted by molar-refractivity contribution is 1.00. The number of aromatic nitrogens is 4. The Morgan fingerprint density at radius 1 is 1.04 bits per heavy atom. The summed E-state index contributed by atoms with van der Waals surface area (Å²) in [4.78, 5) is 16.6. The maximum absolute atomic E-state index is 5.97. The van der Waals surface area contributed by atoms with Gasteiger partial charge >= 0.3 is 0 Å². The first-order chi connectivity index (χ1) is 11.2. The van der Waals surface area contributed by atoms with Crippen LogP contribution in [-0.2, 0) is 6.54 Å². The van der Waals surface area contributed by atoms with Crippen LogP contribution in [0.25, 0.3) is 0 Å². The average Bonchev–Trinajstić information content (AvgIpc) is 2.53. The van der Waals surface area contributed by atoms with Gasteiger partial charge in [-0.15, -0.1) is 0 Å². The normalized spacial score (nSPS) is 10.3. The zero-order valence-electron chi connectivity index (χ0n) is 12.5. The summed E-state index contributed by atoms with van der Waals surface area (Å²) < 4.78 is 0. The average molecular weight is 327 g/mol. The van der Waals surface area contributed by atoms with Gasteiger partial charge in [0.1, 0.15) is 0 Å². The van der Waals surface area contributed by atoms with Crippen LogP contribution in [-0.4, -0.2) is 19.9 Å². The molecule has 0 aliphatic carbocycles. The molecule has 0 bridgehead atoms. The third-order valence-electron chi connectivity index (χ3n) is 3.06. The number of halogens is 1. The number of nitrogens with one attached hydrogen (secondary N) is 2. The molecule has 2 N–H and O–H groups in total. The van der Waals surface area contributed by atoms with Gasteiger partial charge in [-0.05, 0) is 47.9 Å². The van der Waals surface area contributed by atoms with Crippen LogP contribution in [0.4, 0.5) is 17.6 Å². The van der Waals surface area contributed by atoms with Crippen molar-refractivity contribution in [2.24, 2.45) is 0 Å². The van der Waals surface area contributed by atoms with Gasteiger partial charge in [0.25, 0.3) is 0 Å². The third-order valence-corrected chi connectivity index (χ3v) is 3.22. The predicted molar refractivity (Wildman–Crippen MR) is 90.9 cm³/mol. The highest BCUT2D eigenvalue weighted by Gasteiger charge is 2.05. The van der Waals surface area contributed by atoms with E-state index in [2.05, 4.69) is 30.6 Å². The van der Waals surface area contributed by atoms with Crippen LogP contribution < -0.4 is 10.6 Å². The topological polar surface area (TPSA) is 75.6 Å². The molecule has 0 fully saturated rings. The Morgan fingerprint density at radius 3 is 2.70 bits per heavy atom. The van der Waals surface area contributed by atoms with E-state index in [0.717, 1.165) is 16.8 Å². The molecule has 0 saturated carbocycles. The van der Waals surface area contributed by atoms with Crippen molar-refractivity contribution in [3.8, 4) is 0 Å². The molecule has 1 aromatic carbocycles. The molecule has 0 radical (unpaired) electrons. The second-order valence-electron chi connectivity index (χ2n) is 4.96. The van der Waals surface area contributed by atoms with E-state index in [1.165, 1.54) is 0 Å². The molecule has 2 heterocycles. The largest absolute Gasteiger partial charge is 0.350 e. The molecule has 0 aliphatic rings. The fraction of sp³-hybridized carbons (Fsp3) is 0.125. The first kappa shape index (κ1) is 15.2. The second-order valence-corrected chi connectivity index (χ2v) is 5.30. The van der Waals surface area contributed by atoms with Gasteiger partial charge in [0.2, 0.25) is 17.2 Å². The number of rotatable bonds is 5. The number of nitrogens with zero attached hydrogens (tertiary/aromatic N) is 4. The first-order valence-electron chi connectivity index (χ1n) is 7.07. The standard InChI is InChI=1S/C16H15ClN6/c1-11-4-2-6-13(8-11)20-16-22-14(17)21-15(23-16)19-10-12-5-3-7-18-9-12/h2-9H,10H2,1H3,(H2,19,20,21,22,23). The Balaban J connectivity index is 1.73. The summed E-state index contributed by atoms with van der Waals surface area (Å²) in [5, 5.41) is 6.37. The van der Waals surface area contributed by atoms with E-state index in [9.17, 15) is 0 Å². The van der Waals surface area contributed by atoms with Crippen molar-refractivity contribution in [3.05, 3.63) is 65.2 Å². The van der Waals surface area contributed by atoms with Crippen LogP contribution in [0.2, 0.25) is 5.28 Å². The van der Waals surface area contributed by atoms with E-state index in [1.807, 2.05) is 43.3 Å².